The first-order chi connectivity index (χ1) is 2.64. The second kappa shape index (κ2) is 4.36. The lowest BCUT2D eigenvalue weighted by molar-refractivity contribution is -0.138. The highest BCUT2D eigenvalue weighted by Gasteiger charge is 1.99. The second-order valence-electron chi connectivity index (χ2n) is 1.13. The summed E-state index contributed by atoms with van der Waals surface area (Å²) < 4.78 is 0. The van der Waals surface area contributed by atoms with Crippen molar-refractivity contribution in [2.75, 3.05) is 0 Å². The Kier molecular flexibility index (Phi) is 6.37. The van der Waals surface area contributed by atoms with Crippen LogP contribution in [-0.2, 0) is 4.79 Å². The zero-order valence-corrected chi connectivity index (χ0v) is 5.63. The van der Waals surface area contributed by atoms with Crippen molar-refractivity contribution in [2.24, 2.45) is 5.73 Å². The standard InChI is InChI=1S/C3H7NO2.Mg/c1-2(4)3(5)6;/h2H,4H2,1H3,(H,5,6);. The molecular formula is C3H7MgNO2. The maximum atomic E-state index is 9.57. The first kappa shape index (κ1) is 10.2. The van der Waals surface area contributed by atoms with Gasteiger partial charge in [0.1, 0.15) is 6.04 Å². The third-order valence-corrected chi connectivity index (χ3v) is 0.390. The Balaban J connectivity index is 0. The molecule has 0 saturated heterocycles. The lowest BCUT2D eigenvalue weighted by Gasteiger charge is -1.90. The van der Waals surface area contributed by atoms with Gasteiger partial charge in [-0.25, -0.2) is 0 Å². The summed E-state index contributed by atoms with van der Waals surface area (Å²) >= 11 is 0. The Bertz CT molecular complexity index is 64.0. The van der Waals surface area contributed by atoms with Gasteiger partial charge in [0.05, 0.1) is 0 Å². The summed E-state index contributed by atoms with van der Waals surface area (Å²) in [6.07, 6.45) is 0. The molecule has 3 N–H and O–H groups in total. The van der Waals surface area contributed by atoms with E-state index in [1.807, 2.05) is 0 Å². The summed E-state index contributed by atoms with van der Waals surface area (Å²) in [6, 6.07) is -0.731. The van der Waals surface area contributed by atoms with Crippen LogP contribution in [0, 0.1) is 0 Å². The fourth-order valence-electron chi connectivity index (χ4n) is 0. The molecule has 0 aliphatic rings. The number of aliphatic carboxylic acids is 1. The molecule has 0 aromatic heterocycles. The summed E-state index contributed by atoms with van der Waals surface area (Å²) in [5.74, 6) is -0.963. The molecule has 1 unspecified atom stereocenters. The minimum atomic E-state index is -0.963. The number of carboxylic acids is 1. The Morgan fingerprint density at radius 3 is 2.00 bits per heavy atom. The number of hydrogen-bond acceptors (Lipinski definition) is 2. The van der Waals surface area contributed by atoms with Crippen molar-refractivity contribution in [1.82, 2.24) is 0 Å². The summed E-state index contributed by atoms with van der Waals surface area (Å²) in [5.41, 5.74) is 4.84. The van der Waals surface area contributed by atoms with Crippen LogP contribution in [0.5, 0.6) is 0 Å². The smallest absolute Gasteiger partial charge is 0.320 e. The van der Waals surface area contributed by atoms with Crippen LogP contribution in [-0.4, -0.2) is 40.2 Å². The van der Waals surface area contributed by atoms with Gasteiger partial charge >= 0.3 is 5.97 Å². The van der Waals surface area contributed by atoms with Crippen LogP contribution < -0.4 is 5.73 Å². The van der Waals surface area contributed by atoms with Gasteiger partial charge < -0.3 is 10.8 Å². The van der Waals surface area contributed by atoms with Crippen molar-refractivity contribution >= 4 is 29.0 Å². The van der Waals surface area contributed by atoms with Gasteiger partial charge in [-0.3, -0.25) is 4.79 Å². The van der Waals surface area contributed by atoms with Crippen LogP contribution >= 0.6 is 0 Å². The molecule has 1 atom stereocenters. The largest absolute Gasteiger partial charge is 0.480 e. The van der Waals surface area contributed by atoms with Crippen molar-refractivity contribution in [3.63, 3.8) is 0 Å². The van der Waals surface area contributed by atoms with Crippen molar-refractivity contribution in [3.05, 3.63) is 0 Å². The van der Waals surface area contributed by atoms with E-state index in [9.17, 15) is 4.79 Å². The first-order valence-electron chi connectivity index (χ1n) is 1.63. The number of carbonyl (C=O) groups is 1. The van der Waals surface area contributed by atoms with E-state index in [2.05, 4.69) is 0 Å². The zero-order valence-electron chi connectivity index (χ0n) is 4.22. The molecule has 0 bridgehead atoms. The number of hydrogen-bond donors (Lipinski definition) is 2. The lowest BCUT2D eigenvalue weighted by atomic mass is 10.4. The molecule has 0 rings (SSSR count). The lowest BCUT2D eigenvalue weighted by Crippen LogP contribution is -2.25. The molecule has 2 radical (unpaired) electrons. The molecule has 0 aromatic rings. The normalized spacial score (nSPS) is 11.7. The molecule has 0 saturated carbocycles. The topological polar surface area (TPSA) is 63.3 Å². The van der Waals surface area contributed by atoms with Crippen LogP contribution in [0.25, 0.3) is 0 Å². The third kappa shape index (κ3) is 6.20. The van der Waals surface area contributed by atoms with Gasteiger partial charge in [-0.05, 0) is 6.92 Å². The number of carboxylic acid groups (broad SMARTS) is 1. The maximum absolute atomic E-state index is 9.57. The van der Waals surface area contributed by atoms with Gasteiger partial charge in [0, 0.05) is 23.1 Å². The zero-order chi connectivity index (χ0) is 5.15. The van der Waals surface area contributed by atoms with E-state index >= 15 is 0 Å². The van der Waals surface area contributed by atoms with Gasteiger partial charge in [-0.2, -0.15) is 0 Å². The summed E-state index contributed by atoms with van der Waals surface area (Å²) in [4.78, 5) is 9.57. The Labute approximate surface area is 58.0 Å². The maximum Gasteiger partial charge on any atom is 0.320 e. The van der Waals surface area contributed by atoms with E-state index < -0.39 is 12.0 Å². The molecule has 7 heavy (non-hydrogen) atoms. The van der Waals surface area contributed by atoms with E-state index in [0.29, 0.717) is 0 Å². The van der Waals surface area contributed by atoms with E-state index in [4.69, 9.17) is 10.8 Å². The highest BCUT2D eigenvalue weighted by atomic mass is 24.3. The molecule has 0 amide bonds. The fourth-order valence-corrected chi connectivity index (χ4v) is 0. The summed E-state index contributed by atoms with van der Waals surface area (Å²) in [6.45, 7) is 1.42. The van der Waals surface area contributed by atoms with Gasteiger partial charge in [-0.1, -0.05) is 0 Å². The predicted molar refractivity (Wildman–Crippen MR) is 27.0 cm³/mol. The minimum absolute atomic E-state index is 0. The monoisotopic (exact) mass is 113 g/mol. The number of rotatable bonds is 1. The predicted octanol–water partition coefficient (Wildman–Crippen LogP) is -0.963. The summed E-state index contributed by atoms with van der Waals surface area (Å²) in [5, 5.41) is 7.87. The Morgan fingerprint density at radius 1 is 1.86 bits per heavy atom. The molecule has 4 heteroatoms. The van der Waals surface area contributed by atoms with E-state index in [1.54, 1.807) is 0 Å². The third-order valence-electron chi connectivity index (χ3n) is 0.390. The van der Waals surface area contributed by atoms with Crippen LogP contribution in [0.3, 0.4) is 0 Å². The molecule has 3 nitrogen and oxygen atoms in total. The molecule has 0 fully saturated rings. The van der Waals surface area contributed by atoms with Crippen LogP contribution in [0.4, 0.5) is 0 Å². The first-order valence-corrected chi connectivity index (χ1v) is 1.63. The van der Waals surface area contributed by atoms with Crippen molar-refractivity contribution < 1.29 is 9.90 Å². The van der Waals surface area contributed by atoms with Gasteiger partial charge in [-0.15, -0.1) is 0 Å². The van der Waals surface area contributed by atoms with E-state index in [1.165, 1.54) is 6.92 Å². The quantitative estimate of drug-likeness (QED) is 0.431. The van der Waals surface area contributed by atoms with Crippen molar-refractivity contribution in [1.29, 1.82) is 0 Å². The highest BCUT2D eigenvalue weighted by molar-refractivity contribution is 5.75. The van der Waals surface area contributed by atoms with Crippen molar-refractivity contribution in [2.45, 2.75) is 13.0 Å². The van der Waals surface area contributed by atoms with E-state index in [-0.39, 0.29) is 23.1 Å². The highest BCUT2D eigenvalue weighted by Crippen LogP contribution is 1.68. The minimum Gasteiger partial charge on any atom is -0.480 e. The fraction of sp³-hybridized carbons (Fsp3) is 0.667. The molecule has 38 valence electrons. The van der Waals surface area contributed by atoms with E-state index in [0.717, 1.165) is 0 Å². The van der Waals surface area contributed by atoms with Gasteiger partial charge in [0.15, 0.2) is 0 Å². The SMILES string of the molecule is CC(N)C(=O)O.[Mg]. The molecular weight excluding hydrogens is 106 g/mol. The number of nitrogens with two attached hydrogens (primary N) is 1. The molecule has 0 aliphatic carbocycles. The Morgan fingerprint density at radius 2 is 2.00 bits per heavy atom. The van der Waals surface area contributed by atoms with Gasteiger partial charge in [0.2, 0.25) is 0 Å². The molecule has 0 aliphatic heterocycles. The summed E-state index contributed by atoms with van der Waals surface area (Å²) in [7, 11) is 0. The van der Waals surface area contributed by atoms with Crippen LogP contribution in [0.2, 0.25) is 0 Å². The van der Waals surface area contributed by atoms with Crippen LogP contribution in [0.1, 0.15) is 6.92 Å². The second-order valence-corrected chi connectivity index (χ2v) is 1.13. The Hall–Kier alpha value is 0.196. The molecule has 0 spiro atoms. The van der Waals surface area contributed by atoms with Crippen LogP contribution in [0.15, 0.2) is 0 Å². The molecule has 0 heterocycles. The van der Waals surface area contributed by atoms with Gasteiger partial charge in [0.25, 0.3) is 0 Å². The average molecular weight is 113 g/mol. The average Bonchev–Trinajstić information content (AvgIpc) is 1.36. The van der Waals surface area contributed by atoms with Crippen molar-refractivity contribution in [3.8, 4) is 0 Å². The molecule has 0 aromatic carbocycles.